The number of rotatable bonds is 11. The average molecular weight is 307 g/mol. The summed E-state index contributed by atoms with van der Waals surface area (Å²) in [7, 11) is -2.59. The molecule has 0 bridgehead atoms. The van der Waals surface area contributed by atoms with Crippen LogP contribution in [-0.4, -0.2) is 47.4 Å². The predicted octanol–water partition coefficient (Wildman–Crippen LogP) is 2.56. The van der Waals surface area contributed by atoms with Crippen LogP contribution in [0.25, 0.3) is 0 Å². The second-order valence-corrected chi connectivity index (χ2v) is 7.20. The maximum absolute atomic E-state index is 11.3. The largest absolute Gasteiger partial charge is 0.500 e. The van der Waals surface area contributed by atoms with Gasteiger partial charge in [-0.05, 0) is 41.0 Å². The molecule has 0 aliphatic carbocycles. The van der Waals surface area contributed by atoms with Crippen molar-refractivity contribution in [2.45, 2.75) is 53.2 Å². The number of carbonyl (C=O) groups excluding carboxylic acids is 1. The van der Waals surface area contributed by atoms with Crippen LogP contribution >= 0.6 is 0 Å². The Balaban J connectivity index is 4.15. The van der Waals surface area contributed by atoms with Gasteiger partial charge in [0.1, 0.15) is 0 Å². The van der Waals surface area contributed by atoms with E-state index < -0.39 is 14.9 Å². The number of amides is 1. The van der Waals surface area contributed by atoms with Gasteiger partial charge in [-0.25, -0.2) is 4.79 Å². The summed E-state index contributed by atoms with van der Waals surface area (Å²) in [4.78, 5) is 11.3. The molecule has 1 N–H and O–H groups in total. The Morgan fingerprint density at radius 1 is 1.05 bits per heavy atom. The Morgan fingerprint density at radius 2 is 1.55 bits per heavy atom. The van der Waals surface area contributed by atoms with Gasteiger partial charge >= 0.3 is 14.9 Å². The lowest BCUT2D eigenvalue weighted by atomic mass is 10.5. The van der Waals surface area contributed by atoms with Crippen molar-refractivity contribution in [3.63, 3.8) is 0 Å². The molecule has 0 atom stereocenters. The van der Waals surface area contributed by atoms with E-state index in [1.165, 1.54) is 0 Å². The molecule has 0 aromatic rings. The van der Waals surface area contributed by atoms with Crippen LogP contribution in [0.1, 0.15) is 41.0 Å². The summed E-state index contributed by atoms with van der Waals surface area (Å²) in [6, 6.07) is 0.685. The molecular weight excluding hydrogens is 278 g/mol. The monoisotopic (exact) mass is 307 g/mol. The van der Waals surface area contributed by atoms with Crippen LogP contribution in [0.3, 0.4) is 0 Å². The smallest absolute Gasteiger partial charge is 0.447 e. The Morgan fingerprint density at radius 3 is 1.95 bits per heavy atom. The first-order valence-corrected chi connectivity index (χ1v) is 9.29. The minimum Gasteiger partial charge on any atom is -0.447 e. The normalized spacial score (nSPS) is 11.7. The van der Waals surface area contributed by atoms with Crippen molar-refractivity contribution in [3.8, 4) is 0 Å². The molecule has 7 heteroatoms. The van der Waals surface area contributed by atoms with E-state index in [2.05, 4.69) is 5.32 Å². The van der Waals surface area contributed by atoms with Crippen molar-refractivity contribution in [2.24, 2.45) is 0 Å². The number of hydrogen-bond donors (Lipinski definition) is 1. The van der Waals surface area contributed by atoms with Gasteiger partial charge in [-0.3, -0.25) is 0 Å². The topological polar surface area (TPSA) is 66.0 Å². The first kappa shape index (κ1) is 19.4. The van der Waals surface area contributed by atoms with Gasteiger partial charge in [0.05, 0.1) is 6.10 Å². The van der Waals surface area contributed by atoms with Crippen molar-refractivity contribution < 1.29 is 22.8 Å². The SMILES string of the molecule is CCO[Si](CCCNC(=O)OC(C)C)(OCC)OCC. The lowest BCUT2D eigenvalue weighted by molar-refractivity contribution is 0.0705. The molecule has 0 aromatic carbocycles. The number of nitrogens with one attached hydrogen (secondary N) is 1. The van der Waals surface area contributed by atoms with E-state index in [0.717, 1.165) is 6.42 Å². The third kappa shape index (κ3) is 8.52. The van der Waals surface area contributed by atoms with Crippen molar-refractivity contribution in [2.75, 3.05) is 26.4 Å². The number of carbonyl (C=O) groups is 1. The Labute approximate surface area is 123 Å². The van der Waals surface area contributed by atoms with Gasteiger partial charge in [0, 0.05) is 32.4 Å². The third-order valence-corrected chi connectivity index (χ3v) is 5.52. The molecule has 0 rings (SSSR count). The lowest BCUT2D eigenvalue weighted by Crippen LogP contribution is -2.46. The summed E-state index contributed by atoms with van der Waals surface area (Å²) < 4.78 is 22.2. The van der Waals surface area contributed by atoms with Crippen LogP contribution < -0.4 is 5.32 Å². The molecule has 1 amide bonds. The van der Waals surface area contributed by atoms with Crippen molar-refractivity contribution in [1.29, 1.82) is 0 Å². The molecule has 0 spiro atoms. The number of hydrogen-bond acceptors (Lipinski definition) is 5. The molecule has 0 aliphatic rings. The van der Waals surface area contributed by atoms with Gasteiger partial charge < -0.3 is 23.3 Å². The van der Waals surface area contributed by atoms with Crippen molar-refractivity contribution in [1.82, 2.24) is 5.32 Å². The molecule has 120 valence electrons. The summed E-state index contributed by atoms with van der Waals surface area (Å²) in [6.45, 7) is 11.6. The van der Waals surface area contributed by atoms with E-state index in [4.69, 9.17) is 18.0 Å². The summed E-state index contributed by atoms with van der Waals surface area (Å²) in [6.07, 6.45) is 0.231. The summed E-state index contributed by atoms with van der Waals surface area (Å²) in [5.74, 6) is 0. The molecule has 6 nitrogen and oxygen atoms in total. The number of ether oxygens (including phenoxy) is 1. The van der Waals surface area contributed by atoms with Crippen molar-refractivity contribution in [3.05, 3.63) is 0 Å². The second kappa shape index (κ2) is 11.1. The predicted molar refractivity (Wildman–Crippen MR) is 79.7 cm³/mol. The van der Waals surface area contributed by atoms with Crippen LogP contribution in [0.2, 0.25) is 6.04 Å². The fourth-order valence-electron chi connectivity index (χ4n) is 1.75. The van der Waals surface area contributed by atoms with Gasteiger partial charge in [0.2, 0.25) is 0 Å². The fourth-order valence-corrected chi connectivity index (χ4v) is 4.36. The van der Waals surface area contributed by atoms with E-state index in [9.17, 15) is 4.79 Å². The molecule has 0 aliphatic heterocycles. The van der Waals surface area contributed by atoms with Gasteiger partial charge in [-0.1, -0.05) is 0 Å². The van der Waals surface area contributed by atoms with E-state index in [1.54, 1.807) is 0 Å². The Kier molecular flexibility index (Phi) is 10.7. The second-order valence-electron chi connectivity index (χ2n) is 4.47. The molecule has 20 heavy (non-hydrogen) atoms. The molecule has 0 fully saturated rings. The molecule has 0 aromatic heterocycles. The van der Waals surface area contributed by atoms with Crippen LogP contribution in [0.5, 0.6) is 0 Å². The van der Waals surface area contributed by atoms with Gasteiger partial charge in [0.15, 0.2) is 0 Å². The average Bonchev–Trinajstić information content (AvgIpc) is 2.35. The molecule has 0 saturated heterocycles. The molecule has 0 saturated carbocycles. The minimum absolute atomic E-state index is 0.112. The summed E-state index contributed by atoms with van der Waals surface area (Å²) in [5, 5.41) is 2.71. The van der Waals surface area contributed by atoms with E-state index in [1.807, 2.05) is 34.6 Å². The summed E-state index contributed by atoms with van der Waals surface area (Å²) in [5.41, 5.74) is 0. The highest BCUT2D eigenvalue weighted by atomic mass is 28.4. The highest BCUT2D eigenvalue weighted by Gasteiger charge is 2.39. The zero-order valence-electron chi connectivity index (χ0n) is 13.4. The first-order chi connectivity index (χ1) is 9.49. The van der Waals surface area contributed by atoms with Gasteiger partial charge in [-0.15, -0.1) is 0 Å². The van der Waals surface area contributed by atoms with Crippen LogP contribution in [0, 0.1) is 0 Å². The molecule has 0 radical (unpaired) electrons. The zero-order valence-corrected chi connectivity index (χ0v) is 14.4. The van der Waals surface area contributed by atoms with E-state index >= 15 is 0 Å². The van der Waals surface area contributed by atoms with Gasteiger partial charge in [-0.2, -0.15) is 0 Å². The Bertz CT molecular complexity index is 246. The standard InChI is InChI=1S/C13H29NO5Si/c1-6-16-20(17-7-2,18-8-3)11-9-10-14-13(15)19-12(4)5/h12H,6-11H2,1-5H3,(H,14,15). The van der Waals surface area contributed by atoms with Crippen LogP contribution in [0.15, 0.2) is 0 Å². The van der Waals surface area contributed by atoms with Crippen LogP contribution in [0.4, 0.5) is 4.79 Å². The number of alkyl carbamates (subject to hydrolysis) is 1. The molecular formula is C13H29NO5Si. The fraction of sp³-hybridized carbons (Fsp3) is 0.923. The quantitative estimate of drug-likeness (QED) is 0.469. The maximum Gasteiger partial charge on any atom is 0.500 e. The molecule has 0 unspecified atom stereocenters. The Hall–Kier alpha value is -0.633. The highest BCUT2D eigenvalue weighted by Crippen LogP contribution is 2.17. The highest BCUT2D eigenvalue weighted by molar-refractivity contribution is 6.60. The lowest BCUT2D eigenvalue weighted by Gasteiger charge is -2.28. The van der Waals surface area contributed by atoms with Crippen molar-refractivity contribution >= 4 is 14.9 Å². The zero-order chi connectivity index (χ0) is 15.4. The first-order valence-electron chi connectivity index (χ1n) is 7.36. The minimum atomic E-state index is -2.59. The summed E-state index contributed by atoms with van der Waals surface area (Å²) >= 11 is 0. The van der Waals surface area contributed by atoms with E-state index in [0.29, 0.717) is 32.4 Å². The maximum atomic E-state index is 11.3. The third-order valence-electron chi connectivity index (χ3n) is 2.36. The van der Waals surface area contributed by atoms with E-state index in [-0.39, 0.29) is 6.10 Å². The van der Waals surface area contributed by atoms with Crippen LogP contribution in [-0.2, 0) is 18.0 Å². The molecule has 0 heterocycles. The van der Waals surface area contributed by atoms with Gasteiger partial charge in [0.25, 0.3) is 0 Å².